The maximum atomic E-state index is 12.8. The maximum absolute atomic E-state index is 12.8. The van der Waals surface area contributed by atoms with Crippen molar-refractivity contribution in [1.29, 1.82) is 0 Å². The third kappa shape index (κ3) is 13.8. The van der Waals surface area contributed by atoms with Crippen LogP contribution in [0.1, 0.15) is 174 Å². The highest BCUT2D eigenvalue weighted by Gasteiger charge is 2.57. The van der Waals surface area contributed by atoms with Gasteiger partial charge < -0.3 is 38.3 Å². The fourth-order valence-corrected chi connectivity index (χ4v) is 18.2. The van der Waals surface area contributed by atoms with E-state index in [0.29, 0.717) is 55.9 Å². The largest absolute Gasteiger partial charge is 0.444 e. The number of amides is 2. The summed E-state index contributed by atoms with van der Waals surface area (Å²) < 4.78 is 42.4. The number of halogens is 2. The van der Waals surface area contributed by atoms with Crippen molar-refractivity contribution in [2.75, 3.05) is 52.6 Å². The van der Waals surface area contributed by atoms with Crippen LogP contribution in [0.4, 0.5) is 9.59 Å². The van der Waals surface area contributed by atoms with Gasteiger partial charge in [0.15, 0.2) is 20.8 Å². The standard InChI is InChI=1S/C43H58ClN7O4Si.C37H44ClN7O4/c1-27-19-34-32(23-45-51(34)35-13-11-12-17-53-35)37(38(27)44)36-28(2)50(31-21-43(22-31)25-48(26-43)40(52)55-41(3,4)5)47-39(36)29-14-15-33-30(20-29)24-49(46-33)16-18-54-56(9,10)42(6,7)8;1-22-14-29-27(18-39-45(29)30-8-6-7-13-48-30)32(33(22)38)31-23(2)44(26-16-37(17-26)20-42(21-37)35(47)49-36(3,4)5)41-34(31)24-9-10-28-25(15-24)19-43(40-28)11-12-46/h14-15,19-20,23-24,31,35H,11-13,16-18,21-22,25-26H2,1-10H3;9-10,14-15,18-19,26,30,46H,6-8,11-13,16-17,20-21H2,1-5H3. The molecule has 2 spiro atoms. The van der Waals surface area contributed by atoms with Crippen molar-refractivity contribution >= 4 is 87.3 Å². The molecule has 6 aliphatic rings. The molecule has 105 heavy (non-hydrogen) atoms. The van der Waals surface area contributed by atoms with Crippen molar-refractivity contribution in [2.24, 2.45) is 10.8 Å². The molecule has 2 aliphatic carbocycles. The van der Waals surface area contributed by atoms with Gasteiger partial charge in [0.1, 0.15) is 22.6 Å². The zero-order valence-corrected chi connectivity index (χ0v) is 66.2. The predicted octanol–water partition coefficient (Wildman–Crippen LogP) is 17.9. The normalized spacial score (nSPS) is 19.8. The number of fused-ring (bicyclic) bond motifs is 4. The monoisotopic (exact) mass is 1480 g/mol. The fraction of sp³-hybridized carbons (Fsp3) is 0.550. The number of ether oxygens (including phenoxy) is 4. The molecule has 0 bridgehead atoms. The van der Waals surface area contributed by atoms with Crippen molar-refractivity contribution in [3.63, 3.8) is 0 Å². The minimum absolute atomic E-state index is 0.0223. The number of hydrogen-bond acceptors (Lipinski definition) is 14. The lowest BCUT2D eigenvalue weighted by molar-refractivity contribution is -0.0931. The maximum Gasteiger partial charge on any atom is 0.410 e. The average molecular weight is 1490 g/mol. The first kappa shape index (κ1) is 72.9. The molecular weight excluding hydrogens is 1380 g/mol. The summed E-state index contributed by atoms with van der Waals surface area (Å²) in [6, 6.07) is 17.3. The number of aliphatic hydroxyl groups is 1. The first-order chi connectivity index (χ1) is 49.8. The second kappa shape index (κ2) is 27.2. The zero-order chi connectivity index (χ0) is 74.2. The van der Waals surface area contributed by atoms with Crippen LogP contribution < -0.4 is 0 Å². The third-order valence-electron chi connectivity index (χ3n) is 23.0. The summed E-state index contributed by atoms with van der Waals surface area (Å²) in [5.41, 5.74) is 14.7. The van der Waals surface area contributed by atoms with Gasteiger partial charge in [-0.2, -0.15) is 30.6 Å². The molecule has 2 atom stereocenters. The smallest absolute Gasteiger partial charge is 0.410 e. The van der Waals surface area contributed by atoms with Gasteiger partial charge >= 0.3 is 12.2 Å². The van der Waals surface area contributed by atoms with E-state index in [9.17, 15) is 14.7 Å². The third-order valence-corrected chi connectivity index (χ3v) is 28.6. The van der Waals surface area contributed by atoms with E-state index in [-0.39, 0.29) is 59.2 Å². The van der Waals surface area contributed by atoms with E-state index in [2.05, 4.69) is 118 Å². The Labute approximate surface area is 625 Å². The van der Waals surface area contributed by atoms with E-state index in [0.717, 1.165) is 188 Å². The zero-order valence-electron chi connectivity index (χ0n) is 63.7. The molecule has 1 N–H and O–H groups in total. The molecular formula is C80H102Cl2N14O8Si. The molecule has 4 aliphatic heterocycles. The summed E-state index contributed by atoms with van der Waals surface area (Å²) in [5.74, 6) is 0. The molecule has 16 rings (SSSR count). The van der Waals surface area contributed by atoms with Crippen LogP contribution in [-0.4, -0.2) is 158 Å². The quantitative estimate of drug-likeness (QED) is 0.100. The summed E-state index contributed by atoms with van der Waals surface area (Å²) in [7, 11) is -1.86. The highest BCUT2D eigenvalue weighted by atomic mass is 35.5. The van der Waals surface area contributed by atoms with Crippen molar-refractivity contribution < 1.29 is 38.1 Å². The van der Waals surface area contributed by atoms with Crippen LogP contribution in [0.3, 0.4) is 0 Å². The van der Waals surface area contributed by atoms with Crippen LogP contribution in [0, 0.1) is 38.5 Å². The molecule has 4 saturated heterocycles. The topological polar surface area (TPSA) is 214 Å². The van der Waals surface area contributed by atoms with E-state index in [1.807, 2.05) is 97.0 Å². The molecule has 0 radical (unpaired) electrons. The summed E-state index contributed by atoms with van der Waals surface area (Å²) in [6.07, 6.45) is 17.3. The first-order valence-electron chi connectivity index (χ1n) is 37.7. The van der Waals surface area contributed by atoms with Crippen molar-refractivity contribution in [3.05, 3.63) is 106 Å². The van der Waals surface area contributed by atoms with Crippen LogP contribution in [-0.2, 0) is 36.5 Å². The second-order valence-corrected chi connectivity index (χ2v) is 40.0. The predicted molar refractivity (Wildman–Crippen MR) is 413 cm³/mol. The van der Waals surface area contributed by atoms with Crippen molar-refractivity contribution in [2.45, 2.75) is 221 Å². The number of carbonyl (C=O) groups is 2. The highest BCUT2D eigenvalue weighted by Crippen LogP contribution is 2.58. The van der Waals surface area contributed by atoms with Gasteiger partial charge in [-0.25, -0.2) is 19.0 Å². The summed E-state index contributed by atoms with van der Waals surface area (Å²) in [6.45, 7) is 37.3. The Morgan fingerprint density at radius 3 is 1.37 bits per heavy atom. The number of aliphatic hydroxyl groups excluding tert-OH is 1. The molecule has 4 aromatic carbocycles. The number of aryl methyl sites for hydroxylation is 2. The van der Waals surface area contributed by atoms with Crippen LogP contribution in [0.25, 0.3) is 88.4 Å². The lowest BCUT2D eigenvalue weighted by Gasteiger charge is -2.58. The van der Waals surface area contributed by atoms with Crippen LogP contribution >= 0.6 is 23.2 Å². The molecule has 6 fully saturated rings. The van der Waals surface area contributed by atoms with Crippen LogP contribution in [0.2, 0.25) is 28.2 Å². The Hall–Kier alpha value is -7.64. The Balaban J connectivity index is 0.000000170. The molecule has 2 amide bonds. The van der Waals surface area contributed by atoms with E-state index in [1.165, 1.54) is 0 Å². The minimum Gasteiger partial charge on any atom is -0.444 e. The summed E-state index contributed by atoms with van der Waals surface area (Å²) >= 11 is 14.6. The number of likely N-dealkylation sites (tertiary alicyclic amines) is 2. The Kier molecular flexibility index (Phi) is 18.9. The Bertz CT molecular complexity index is 4980. The number of carbonyl (C=O) groups excluding carboxylic acids is 2. The van der Waals surface area contributed by atoms with E-state index >= 15 is 0 Å². The number of nitrogens with zero attached hydrogens (tertiary/aromatic N) is 14. The number of rotatable bonds is 14. The van der Waals surface area contributed by atoms with Crippen LogP contribution in [0.15, 0.2) is 73.3 Å². The lowest BCUT2D eigenvalue weighted by Crippen LogP contribution is -2.64. The van der Waals surface area contributed by atoms with Gasteiger partial charge in [-0.3, -0.25) is 18.7 Å². The fourth-order valence-electron chi connectivity index (χ4n) is 16.7. The Morgan fingerprint density at radius 2 is 0.990 bits per heavy atom. The highest BCUT2D eigenvalue weighted by molar-refractivity contribution is 6.74. The molecule has 2 saturated carbocycles. The molecule has 6 aromatic heterocycles. The minimum atomic E-state index is -1.86. The molecule has 25 heteroatoms. The van der Waals surface area contributed by atoms with E-state index in [4.69, 9.17) is 72.1 Å². The number of aromatic nitrogens is 12. The Morgan fingerprint density at radius 1 is 0.571 bits per heavy atom. The molecule has 10 heterocycles. The molecule has 10 aromatic rings. The van der Waals surface area contributed by atoms with Crippen LogP contribution in [0.5, 0.6) is 0 Å². The second-order valence-electron chi connectivity index (χ2n) is 34.4. The molecule has 22 nitrogen and oxygen atoms in total. The van der Waals surface area contributed by atoms with E-state index in [1.54, 1.807) is 4.68 Å². The van der Waals surface area contributed by atoms with Gasteiger partial charge in [-0.1, -0.05) is 56.1 Å². The van der Waals surface area contributed by atoms with Gasteiger partial charge in [-0.15, -0.1) is 0 Å². The van der Waals surface area contributed by atoms with Gasteiger partial charge in [0.2, 0.25) is 0 Å². The summed E-state index contributed by atoms with van der Waals surface area (Å²) in [4.78, 5) is 29.1. The molecule has 558 valence electrons. The van der Waals surface area contributed by atoms with Crippen molar-refractivity contribution in [3.8, 4) is 44.8 Å². The first-order valence-corrected chi connectivity index (χ1v) is 41.3. The lowest BCUT2D eigenvalue weighted by atomic mass is 9.60. The molecule has 2 unspecified atom stereocenters. The van der Waals surface area contributed by atoms with Gasteiger partial charge in [0.05, 0.1) is 82.9 Å². The average Bonchev–Trinajstić information content (AvgIpc) is 1.66. The number of benzene rings is 4. The number of hydrogen-bond donors (Lipinski definition) is 1. The SMILES string of the molecule is Cc1cc2c(cnn2C2CCCCO2)c(-c2c(-c3ccc4nn(CCO)cc4c3)nn(C3CC4(C3)CN(C(=O)OC(C)(C)C)C4)c2C)c1Cl.Cc1cc2c(cnn2C2CCCCO2)c(-c2c(-c3ccc4nn(CCO[Si](C)(C)C(C)(C)C)cc4c3)nn(C3CC4(C3)CN(C(=O)OC(C)(C)C)C4)c2C)c1Cl. The van der Waals surface area contributed by atoms with Gasteiger partial charge in [0.25, 0.3) is 0 Å². The van der Waals surface area contributed by atoms with Gasteiger partial charge in [0, 0.05) is 129 Å². The summed E-state index contributed by atoms with van der Waals surface area (Å²) in [5, 5.41) is 45.2. The van der Waals surface area contributed by atoms with Crippen molar-refractivity contribution in [1.82, 2.24) is 68.5 Å². The van der Waals surface area contributed by atoms with Gasteiger partial charge in [-0.05, 0) is 199 Å². The van der Waals surface area contributed by atoms with E-state index < -0.39 is 19.5 Å².